The third kappa shape index (κ3) is 2.61. The summed E-state index contributed by atoms with van der Waals surface area (Å²) in [6.45, 7) is 4.31. The minimum Gasteiger partial charge on any atom is -0.303 e. The van der Waals surface area contributed by atoms with Crippen molar-refractivity contribution in [3.8, 4) is 0 Å². The van der Waals surface area contributed by atoms with Crippen molar-refractivity contribution in [3.05, 3.63) is 70.5 Å². The van der Waals surface area contributed by atoms with E-state index in [1.54, 1.807) is 12.1 Å². The Morgan fingerprint density at radius 2 is 2.05 bits per heavy atom. The van der Waals surface area contributed by atoms with Crippen molar-refractivity contribution in [3.63, 3.8) is 0 Å². The van der Waals surface area contributed by atoms with Gasteiger partial charge in [-0.05, 0) is 55.5 Å². The molecule has 104 valence electrons. The fourth-order valence-corrected chi connectivity index (χ4v) is 3.10. The molecule has 0 fully saturated rings. The van der Waals surface area contributed by atoms with Crippen molar-refractivity contribution in [1.29, 1.82) is 0 Å². The normalized spacial score (nSPS) is 18.9. The third-order valence-electron chi connectivity index (χ3n) is 4.18. The van der Waals surface area contributed by atoms with Crippen molar-refractivity contribution in [2.75, 3.05) is 0 Å². The van der Waals surface area contributed by atoms with Crippen molar-refractivity contribution in [2.45, 2.75) is 38.8 Å². The Balaban J connectivity index is 1.77. The summed E-state index contributed by atoms with van der Waals surface area (Å²) in [6.07, 6.45) is 2.01. The molecule has 2 aromatic rings. The predicted molar refractivity (Wildman–Crippen MR) is 80.2 cm³/mol. The van der Waals surface area contributed by atoms with E-state index in [9.17, 15) is 4.39 Å². The van der Waals surface area contributed by atoms with Gasteiger partial charge in [-0.15, -0.1) is 0 Å². The van der Waals surface area contributed by atoms with Crippen LogP contribution in [0.3, 0.4) is 0 Å². The topological polar surface area (TPSA) is 12.0 Å². The zero-order valence-corrected chi connectivity index (χ0v) is 12.0. The fraction of sp³-hybridized carbons (Fsp3) is 0.333. The first kappa shape index (κ1) is 13.3. The molecule has 0 amide bonds. The van der Waals surface area contributed by atoms with Gasteiger partial charge < -0.3 is 5.32 Å². The van der Waals surface area contributed by atoms with E-state index in [0.717, 1.165) is 18.4 Å². The standard InChI is InChI=1S/C18H20FN/c1-12-4-3-5-14(10-12)13(2)20-18-9-6-15-11-16(19)7-8-17(15)18/h3-5,7-8,10-11,13,18,20H,6,9H2,1-2H3/t13-,18?/m0/s1. The van der Waals surface area contributed by atoms with E-state index in [2.05, 4.69) is 43.4 Å². The summed E-state index contributed by atoms with van der Waals surface area (Å²) < 4.78 is 13.2. The molecule has 1 unspecified atom stereocenters. The van der Waals surface area contributed by atoms with E-state index in [0.29, 0.717) is 12.1 Å². The zero-order valence-electron chi connectivity index (χ0n) is 12.0. The second-order valence-corrected chi connectivity index (χ2v) is 5.74. The minimum atomic E-state index is -0.129. The van der Waals surface area contributed by atoms with E-state index >= 15 is 0 Å². The van der Waals surface area contributed by atoms with Crippen molar-refractivity contribution < 1.29 is 4.39 Å². The number of hydrogen-bond donors (Lipinski definition) is 1. The largest absolute Gasteiger partial charge is 0.303 e. The number of halogens is 1. The summed E-state index contributed by atoms with van der Waals surface area (Å²) >= 11 is 0. The highest BCUT2D eigenvalue weighted by Crippen LogP contribution is 2.33. The lowest BCUT2D eigenvalue weighted by Gasteiger charge is -2.21. The first-order valence-corrected chi connectivity index (χ1v) is 7.24. The van der Waals surface area contributed by atoms with Crippen LogP contribution in [0.2, 0.25) is 0 Å². The first-order valence-electron chi connectivity index (χ1n) is 7.24. The molecule has 0 saturated carbocycles. The average molecular weight is 269 g/mol. The molecule has 1 aliphatic rings. The summed E-state index contributed by atoms with van der Waals surface area (Å²) in [7, 11) is 0. The molecule has 1 N–H and O–H groups in total. The minimum absolute atomic E-state index is 0.129. The second kappa shape index (κ2) is 5.37. The molecule has 0 aliphatic heterocycles. The maximum Gasteiger partial charge on any atom is 0.123 e. The molecule has 0 spiro atoms. The SMILES string of the molecule is Cc1cccc([C@H](C)NC2CCc3cc(F)ccc32)c1. The third-order valence-corrected chi connectivity index (χ3v) is 4.18. The molecule has 2 aromatic carbocycles. The fourth-order valence-electron chi connectivity index (χ4n) is 3.10. The van der Waals surface area contributed by atoms with Crippen LogP contribution in [-0.4, -0.2) is 0 Å². The molecule has 1 aliphatic carbocycles. The van der Waals surface area contributed by atoms with Crippen LogP contribution in [0.1, 0.15) is 47.7 Å². The molecular weight excluding hydrogens is 249 g/mol. The molecule has 2 heteroatoms. The number of fused-ring (bicyclic) bond motifs is 1. The molecule has 1 nitrogen and oxygen atoms in total. The number of aryl methyl sites for hydroxylation is 2. The molecule has 0 radical (unpaired) electrons. The van der Waals surface area contributed by atoms with E-state index in [1.807, 2.05) is 6.07 Å². The summed E-state index contributed by atoms with van der Waals surface area (Å²) in [5.41, 5.74) is 5.00. The van der Waals surface area contributed by atoms with E-state index in [4.69, 9.17) is 0 Å². The summed E-state index contributed by atoms with van der Waals surface area (Å²) in [6, 6.07) is 14.4. The van der Waals surface area contributed by atoms with Gasteiger partial charge in [0, 0.05) is 12.1 Å². The molecule has 0 saturated heterocycles. The van der Waals surface area contributed by atoms with Crippen LogP contribution < -0.4 is 5.32 Å². The Bertz CT molecular complexity index is 621. The monoisotopic (exact) mass is 269 g/mol. The molecule has 3 rings (SSSR count). The maximum absolute atomic E-state index is 13.2. The molecule has 0 bridgehead atoms. The van der Waals surface area contributed by atoms with Gasteiger partial charge in [0.25, 0.3) is 0 Å². The highest BCUT2D eigenvalue weighted by atomic mass is 19.1. The lowest BCUT2D eigenvalue weighted by Crippen LogP contribution is -2.23. The quantitative estimate of drug-likeness (QED) is 0.866. The molecular formula is C18H20FN. The van der Waals surface area contributed by atoms with E-state index in [1.165, 1.54) is 16.7 Å². The number of nitrogens with one attached hydrogen (secondary N) is 1. The molecule has 2 atom stereocenters. The van der Waals surface area contributed by atoms with Crippen LogP contribution in [0.15, 0.2) is 42.5 Å². The van der Waals surface area contributed by atoms with Crippen LogP contribution in [0, 0.1) is 12.7 Å². The smallest absolute Gasteiger partial charge is 0.123 e. The molecule has 0 aromatic heterocycles. The van der Waals surface area contributed by atoms with Crippen LogP contribution in [0.4, 0.5) is 4.39 Å². The summed E-state index contributed by atoms with van der Waals surface area (Å²) in [4.78, 5) is 0. The Kier molecular flexibility index (Phi) is 3.58. The lowest BCUT2D eigenvalue weighted by molar-refractivity contribution is 0.465. The number of rotatable bonds is 3. The van der Waals surface area contributed by atoms with Gasteiger partial charge in [-0.1, -0.05) is 35.9 Å². The Morgan fingerprint density at radius 1 is 1.20 bits per heavy atom. The Morgan fingerprint density at radius 3 is 2.85 bits per heavy atom. The van der Waals surface area contributed by atoms with Gasteiger partial charge in [-0.25, -0.2) is 4.39 Å². The van der Waals surface area contributed by atoms with Gasteiger partial charge in [0.1, 0.15) is 5.82 Å². The van der Waals surface area contributed by atoms with Crippen LogP contribution in [-0.2, 0) is 6.42 Å². The van der Waals surface area contributed by atoms with E-state index in [-0.39, 0.29) is 5.82 Å². The Hall–Kier alpha value is -1.67. The van der Waals surface area contributed by atoms with Gasteiger partial charge in [0.2, 0.25) is 0 Å². The average Bonchev–Trinajstić information content (AvgIpc) is 2.81. The summed E-state index contributed by atoms with van der Waals surface area (Å²) in [5, 5.41) is 3.68. The van der Waals surface area contributed by atoms with Crippen molar-refractivity contribution >= 4 is 0 Å². The van der Waals surface area contributed by atoms with E-state index < -0.39 is 0 Å². The van der Waals surface area contributed by atoms with Crippen molar-refractivity contribution in [1.82, 2.24) is 5.32 Å². The molecule has 20 heavy (non-hydrogen) atoms. The van der Waals surface area contributed by atoms with Gasteiger partial charge >= 0.3 is 0 Å². The number of benzene rings is 2. The van der Waals surface area contributed by atoms with Crippen LogP contribution in [0.25, 0.3) is 0 Å². The highest BCUT2D eigenvalue weighted by Gasteiger charge is 2.24. The van der Waals surface area contributed by atoms with Gasteiger partial charge in [-0.2, -0.15) is 0 Å². The number of hydrogen-bond acceptors (Lipinski definition) is 1. The van der Waals surface area contributed by atoms with Gasteiger partial charge in [-0.3, -0.25) is 0 Å². The zero-order chi connectivity index (χ0) is 14.1. The van der Waals surface area contributed by atoms with Crippen LogP contribution >= 0.6 is 0 Å². The highest BCUT2D eigenvalue weighted by molar-refractivity contribution is 5.35. The first-order chi connectivity index (χ1) is 9.63. The van der Waals surface area contributed by atoms with Gasteiger partial charge in [0.15, 0.2) is 0 Å². The van der Waals surface area contributed by atoms with Crippen molar-refractivity contribution in [2.24, 2.45) is 0 Å². The Labute approximate surface area is 119 Å². The van der Waals surface area contributed by atoms with Crippen LogP contribution in [0.5, 0.6) is 0 Å². The predicted octanol–water partition coefficient (Wildman–Crippen LogP) is 4.47. The molecule has 0 heterocycles. The summed E-state index contributed by atoms with van der Waals surface area (Å²) in [5.74, 6) is -0.129. The second-order valence-electron chi connectivity index (χ2n) is 5.74. The maximum atomic E-state index is 13.2. The van der Waals surface area contributed by atoms with Gasteiger partial charge in [0.05, 0.1) is 0 Å². The lowest BCUT2D eigenvalue weighted by atomic mass is 10.0.